The summed E-state index contributed by atoms with van der Waals surface area (Å²) in [4.78, 5) is 30.7. The van der Waals surface area contributed by atoms with Gasteiger partial charge in [0.2, 0.25) is 11.8 Å². The van der Waals surface area contributed by atoms with Gasteiger partial charge in [-0.2, -0.15) is 0 Å². The molecule has 3 rings (SSSR count). The summed E-state index contributed by atoms with van der Waals surface area (Å²) in [5.41, 5.74) is 1.73. The fourth-order valence-corrected chi connectivity index (χ4v) is 3.92. The van der Waals surface area contributed by atoms with Gasteiger partial charge < -0.3 is 19.7 Å². The van der Waals surface area contributed by atoms with E-state index in [4.69, 9.17) is 9.47 Å². The number of morpholine rings is 1. The van der Waals surface area contributed by atoms with Gasteiger partial charge >= 0.3 is 0 Å². The van der Waals surface area contributed by atoms with Crippen molar-refractivity contribution in [3.63, 3.8) is 0 Å². The predicted octanol–water partition coefficient (Wildman–Crippen LogP) is 2.87. The molecule has 1 fully saturated rings. The zero-order chi connectivity index (χ0) is 23.6. The van der Waals surface area contributed by atoms with Crippen LogP contribution in [0.2, 0.25) is 0 Å². The van der Waals surface area contributed by atoms with Crippen molar-refractivity contribution in [2.45, 2.75) is 26.4 Å². The van der Waals surface area contributed by atoms with Gasteiger partial charge in [-0.1, -0.05) is 56.3 Å². The van der Waals surface area contributed by atoms with Crippen molar-refractivity contribution in [2.75, 3.05) is 46.5 Å². The number of hydrogen-bond donors (Lipinski definition) is 1. The first-order valence-corrected chi connectivity index (χ1v) is 11.6. The lowest BCUT2D eigenvalue weighted by Gasteiger charge is -2.33. The van der Waals surface area contributed by atoms with E-state index < -0.39 is 6.04 Å². The fourth-order valence-electron chi connectivity index (χ4n) is 3.92. The molecule has 1 N–H and O–H groups in total. The van der Waals surface area contributed by atoms with E-state index in [9.17, 15) is 9.59 Å². The van der Waals surface area contributed by atoms with E-state index in [1.807, 2.05) is 68.4 Å². The molecule has 0 radical (unpaired) electrons. The Morgan fingerprint density at radius 2 is 1.73 bits per heavy atom. The van der Waals surface area contributed by atoms with Crippen LogP contribution in [0, 0.1) is 5.92 Å². The van der Waals surface area contributed by atoms with E-state index in [1.54, 1.807) is 12.0 Å². The Morgan fingerprint density at radius 1 is 1.06 bits per heavy atom. The van der Waals surface area contributed by atoms with Crippen molar-refractivity contribution in [3.05, 3.63) is 65.7 Å². The van der Waals surface area contributed by atoms with Gasteiger partial charge in [0.1, 0.15) is 11.8 Å². The average molecular weight is 454 g/mol. The highest BCUT2D eigenvalue weighted by Crippen LogP contribution is 2.26. The van der Waals surface area contributed by atoms with Crippen LogP contribution in [0.3, 0.4) is 0 Å². The van der Waals surface area contributed by atoms with Crippen molar-refractivity contribution in [1.29, 1.82) is 0 Å². The lowest BCUT2D eigenvalue weighted by Crippen LogP contribution is -2.47. The van der Waals surface area contributed by atoms with E-state index in [2.05, 4.69) is 10.2 Å². The molecule has 0 spiro atoms. The van der Waals surface area contributed by atoms with E-state index in [-0.39, 0.29) is 17.7 Å². The van der Waals surface area contributed by atoms with E-state index >= 15 is 0 Å². The Bertz CT molecular complexity index is 880. The molecular weight excluding hydrogens is 418 g/mol. The molecule has 2 aromatic rings. The quantitative estimate of drug-likeness (QED) is 0.599. The summed E-state index contributed by atoms with van der Waals surface area (Å²) in [6.07, 6.45) is 0. The van der Waals surface area contributed by atoms with E-state index in [0.29, 0.717) is 13.1 Å². The lowest BCUT2D eigenvalue weighted by molar-refractivity contribution is -0.144. The highest BCUT2D eigenvalue weighted by Gasteiger charge is 2.32. The van der Waals surface area contributed by atoms with Crippen LogP contribution in [-0.2, 0) is 20.9 Å². The van der Waals surface area contributed by atoms with Crippen LogP contribution < -0.4 is 10.1 Å². The molecule has 178 valence electrons. The minimum absolute atomic E-state index is 0.0667. The minimum atomic E-state index is -0.715. The molecular formula is C26H35N3O4. The molecule has 2 aromatic carbocycles. The van der Waals surface area contributed by atoms with Crippen molar-refractivity contribution in [1.82, 2.24) is 15.1 Å². The molecule has 7 nitrogen and oxygen atoms in total. The molecule has 33 heavy (non-hydrogen) atoms. The number of rotatable bonds is 10. The van der Waals surface area contributed by atoms with Crippen molar-refractivity contribution in [2.24, 2.45) is 5.92 Å². The third-order valence-electron chi connectivity index (χ3n) is 5.80. The van der Waals surface area contributed by atoms with Crippen LogP contribution in [0.4, 0.5) is 0 Å². The lowest BCUT2D eigenvalue weighted by atomic mass is 10.0. The Kier molecular flexibility index (Phi) is 9.27. The molecule has 1 saturated heterocycles. The number of hydrogen-bond acceptors (Lipinski definition) is 5. The fraction of sp³-hybridized carbons (Fsp3) is 0.462. The number of ether oxygens (including phenoxy) is 2. The summed E-state index contributed by atoms with van der Waals surface area (Å²) >= 11 is 0. The highest BCUT2D eigenvalue weighted by molar-refractivity contribution is 5.89. The van der Waals surface area contributed by atoms with Crippen LogP contribution in [0.15, 0.2) is 54.6 Å². The van der Waals surface area contributed by atoms with E-state index in [1.165, 1.54) is 0 Å². The van der Waals surface area contributed by atoms with Crippen LogP contribution in [-0.4, -0.2) is 68.1 Å². The largest absolute Gasteiger partial charge is 0.497 e. The summed E-state index contributed by atoms with van der Waals surface area (Å²) < 4.78 is 10.6. The number of carbonyl (C=O) groups is 2. The number of amides is 2. The number of benzene rings is 2. The van der Waals surface area contributed by atoms with E-state index in [0.717, 1.165) is 49.7 Å². The minimum Gasteiger partial charge on any atom is -0.497 e. The summed E-state index contributed by atoms with van der Waals surface area (Å²) in [6, 6.07) is 16.4. The van der Waals surface area contributed by atoms with Crippen LogP contribution in [0.1, 0.15) is 31.0 Å². The maximum atomic E-state index is 13.5. The molecule has 1 aliphatic rings. The number of methoxy groups -OCH3 is 1. The monoisotopic (exact) mass is 453 g/mol. The molecule has 0 saturated carbocycles. The SMILES string of the molecule is COc1ccc(CN(C(=O)C(C)C)[C@@H](C(=O)NCCN2CCOCC2)c2ccccc2)cc1. The normalized spacial score (nSPS) is 15.2. The second-order valence-corrected chi connectivity index (χ2v) is 8.53. The Balaban J connectivity index is 1.81. The maximum absolute atomic E-state index is 13.5. The van der Waals surface area contributed by atoms with Gasteiger partial charge in [-0.3, -0.25) is 14.5 Å². The molecule has 0 bridgehead atoms. The second kappa shape index (κ2) is 12.4. The smallest absolute Gasteiger partial charge is 0.247 e. The van der Waals surface area contributed by atoms with Gasteiger partial charge in [0.25, 0.3) is 0 Å². The Hall–Kier alpha value is -2.90. The van der Waals surface area contributed by atoms with Gasteiger partial charge in [-0.05, 0) is 23.3 Å². The first-order valence-electron chi connectivity index (χ1n) is 11.6. The van der Waals surface area contributed by atoms with Crippen molar-refractivity contribution < 1.29 is 19.1 Å². The molecule has 0 unspecified atom stereocenters. The predicted molar refractivity (Wildman–Crippen MR) is 128 cm³/mol. The van der Waals surface area contributed by atoms with Crippen LogP contribution >= 0.6 is 0 Å². The van der Waals surface area contributed by atoms with Crippen LogP contribution in [0.5, 0.6) is 5.75 Å². The Morgan fingerprint density at radius 3 is 2.33 bits per heavy atom. The van der Waals surface area contributed by atoms with Gasteiger partial charge in [0.05, 0.1) is 20.3 Å². The molecule has 1 atom stereocenters. The average Bonchev–Trinajstić information content (AvgIpc) is 2.85. The topological polar surface area (TPSA) is 71.1 Å². The van der Waals surface area contributed by atoms with Gasteiger partial charge in [0.15, 0.2) is 0 Å². The third-order valence-corrected chi connectivity index (χ3v) is 5.80. The highest BCUT2D eigenvalue weighted by atomic mass is 16.5. The van der Waals surface area contributed by atoms with Gasteiger partial charge in [-0.25, -0.2) is 0 Å². The third kappa shape index (κ3) is 7.04. The summed E-state index contributed by atoms with van der Waals surface area (Å²) in [6.45, 7) is 8.52. The Labute approximate surface area is 196 Å². The summed E-state index contributed by atoms with van der Waals surface area (Å²) in [5.74, 6) is 0.275. The van der Waals surface area contributed by atoms with Gasteiger partial charge in [-0.15, -0.1) is 0 Å². The molecule has 0 aromatic heterocycles. The standard InChI is InChI=1S/C26H35N3O4/c1-20(2)26(31)29(19-21-9-11-23(32-3)12-10-21)24(22-7-5-4-6-8-22)25(30)27-13-14-28-15-17-33-18-16-28/h4-12,20,24H,13-19H2,1-3H3,(H,27,30)/t24-/m1/s1. The first-order chi connectivity index (χ1) is 16.0. The molecule has 0 aliphatic carbocycles. The molecule has 2 amide bonds. The van der Waals surface area contributed by atoms with Gasteiger partial charge in [0, 0.05) is 38.6 Å². The van der Waals surface area contributed by atoms with Crippen molar-refractivity contribution in [3.8, 4) is 5.75 Å². The second-order valence-electron chi connectivity index (χ2n) is 8.53. The zero-order valence-corrected chi connectivity index (χ0v) is 19.8. The summed E-state index contributed by atoms with van der Waals surface area (Å²) in [7, 11) is 1.62. The molecule has 1 aliphatic heterocycles. The number of carbonyl (C=O) groups excluding carboxylic acids is 2. The van der Waals surface area contributed by atoms with Crippen LogP contribution in [0.25, 0.3) is 0 Å². The number of nitrogens with one attached hydrogen (secondary N) is 1. The molecule has 1 heterocycles. The summed E-state index contributed by atoms with van der Waals surface area (Å²) in [5, 5.41) is 3.07. The maximum Gasteiger partial charge on any atom is 0.247 e. The first kappa shape index (κ1) is 24.7. The molecule has 7 heteroatoms. The van der Waals surface area contributed by atoms with Crippen molar-refractivity contribution >= 4 is 11.8 Å². The number of nitrogens with zero attached hydrogens (tertiary/aromatic N) is 2. The zero-order valence-electron chi connectivity index (χ0n) is 19.8.